The largest absolute Gasteiger partial charge is 0.481 e. The molecule has 5 heteroatoms. The van der Waals surface area contributed by atoms with Crippen LogP contribution in [0, 0.1) is 17.0 Å². The molecule has 2 fully saturated rings. The summed E-state index contributed by atoms with van der Waals surface area (Å²) in [4.78, 5) is 11.6. The molecule has 0 atom stereocenters. The quantitative estimate of drug-likeness (QED) is 0.916. The highest BCUT2D eigenvalue weighted by Crippen LogP contribution is 2.58. The molecule has 0 radical (unpaired) electrons. The lowest BCUT2D eigenvalue weighted by Gasteiger charge is -2.57. The summed E-state index contributed by atoms with van der Waals surface area (Å²) in [6.45, 7) is 0.365. The first-order valence-electron chi connectivity index (χ1n) is 6.29. The molecule has 0 amide bonds. The van der Waals surface area contributed by atoms with Gasteiger partial charge in [-0.3, -0.25) is 4.79 Å². The van der Waals surface area contributed by atoms with E-state index in [1.165, 1.54) is 12.1 Å². The molecule has 2 aliphatic rings. The Morgan fingerprint density at radius 3 is 2.32 bits per heavy atom. The average molecular weight is 268 g/mol. The summed E-state index contributed by atoms with van der Waals surface area (Å²) in [5.41, 5.74) is -1.55. The molecule has 1 aromatic rings. The second-order valence-electron chi connectivity index (χ2n) is 5.44. The van der Waals surface area contributed by atoms with E-state index in [2.05, 4.69) is 0 Å². The zero-order chi connectivity index (χ0) is 13.7. The van der Waals surface area contributed by atoms with Gasteiger partial charge in [0.2, 0.25) is 0 Å². The molecule has 3 rings (SSSR count). The topological polar surface area (TPSA) is 46.5 Å². The van der Waals surface area contributed by atoms with E-state index in [4.69, 9.17) is 4.74 Å². The Morgan fingerprint density at radius 1 is 1.26 bits per heavy atom. The third kappa shape index (κ3) is 1.48. The molecule has 1 saturated heterocycles. The number of hydrogen-bond acceptors (Lipinski definition) is 2. The van der Waals surface area contributed by atoms with Gasteiger partial charge >= 0.3 is 5.97 Å². The first kappa shape index (κ1) is 12.5. The molecule has 1 aliphatic carbocycles. The molecule has 0 unspecified atom stereocenters. The maximum Gasteiger partial charge on any atom is 0.310 e. The van der Waals surface area contributed by atoms with E-state index in [1.807, 2.05) is 0 Å². The lowest BCUT2D eigenvalue weighted by Crippen LogP contribution is -2.65. The summed E-state index contributed by atoms with van der Waals surface area (Å²) >= 11 is 0. The lowest BCUT2D eigenvalue weighted by atomic mass is 9.49. The Labute approximate surface area is 109 Å². The Hall–Kier alpha value is -1.49. The van der Waals surface area contributed by atoms with Crippen LogP contribution in [0.15, 0.2) is 18.2 Å². The van der Waals surface area contributed by atoms with Crippen molar-refractivity contribution in [2.24, 2.45) is 5.41 Å². The van der Waals surface area contributed by atoms with Crippen LogP contribution in [0.2, 0.25) is 0 Å². The van der Waals surface area contributed by atoms with Crippen LogP contribution < -0.4 is 0 Å². The van der Waals surface area contributed by atoms with Crippen molar-refractivity contribution >= 4 is 5.97 Å². The second-order valence-corrected chi connectivity index (χ2v) is 5.44. The number of benzene rings is 1. The highest BCUT2D eigenvalue weighted by molar-refractivity contribution is 5.79. The van der Waals surface area contributed by atoms with E-state index in [9.17, 15) is 18.7 Å². The predicted molar refractivity (Wildman–Crippen MR) is 62.8 cm³/mol. The van der Waals surface area contributed by atoms with Gasteiger partial charge in [-0.15, -0.1) is 0 Å². The number of carboxylic acids is 1. The molecule has 0 spiro atoms. The molecule has 1 aliphatic heterocycles. The SMILES string of the molecule is O=C(O)C1(C2(c3ccc(F)cc3F)COC2)CCC1. The Kier molecular flexibility index (Phi) is 2.64. The van der Waals surface area contributed by atoms with E-state index < -0.39 is 28.4 Å². The molecule has 0 bridgehead atoms. The minimum atomic E-state index is -0.968. The van der Waals surface area contributed by atoms with Crippen molar-refractivity contribution in [2.75, 3.05) is 13.2 Å². The van der Waals surface area contributed by atoms with Crippen LogP contribution in [0.4, 0.5) is 8.78 Å². The zero-order valence-electron chi connectivity index (χ0n) is 10.3. The van der Waals surface area contributed by atoms with Crippen molar-refractivity contribution in [3.63, 3.8) is 0 Å². The fourth-order valence-electron chi connectivity index (χ4n) is 3.30. The number of hydrogen-bond donors (Lipinski definition) is 1. The standard InChI is InChI=1S/C14H14F2O3/c15-9-2-3-10(11(16)6-9)14(7-19-8-14)13(12(17)18)4-1-5-13/h2-3,6H,1,4-5,7-8H2,(H,17,18). The molecule has 1 saturated carbocycles. The van der Waals surface area contributed by atoms with Crippen LogP contribution in [-0.2, 0) is 14.9 Å². The molecule has 19 heavy (non-hydrogen) atoms. The molecule has 1 N–H and O–H groups in total. The summed E-state index contributed by atoms with van der Waals surface area (Å²) in [5, 5.41) is 9.54. The van der Waals surface area contributed by atoms with Crippen molar-refractivity contribution in [1.29, 1.82) is 0 Å². The fourth-order valence-corrected chi connectivity index (χ4v) is 3.30. The van der Waals surface area contributed by atoms with Crippen LogP contribution in [-0.4, -0.2) is 24.3 Å². The van der Waals surface area contributed by atoms with Gasteiger partial charge < -0.3 is 9.84 Å². The molecular weight excluding hydrogens is 254 g/mol. The summed E-state index contributed by atoms with van der Waals surface area (Å²) < 4.78 is 32.2. The van der Waals surface area contributed by atoms with E-state index in [0.717, 1.165) is 12.5 Å². The first-order chi connectivity index (χ1) is 9.02. The first-order valence-corrected chi connectivity index (χ1v) is 6.29. The minimum Gasteiger partial charge on any atom is -0.481 e. The van der Waals surface area contributed by atoms with Crippen LogP contribution in [0.25, 0.3) is 0 Å². The summed E-state index contributed by atoms with van der Waals surface area (Å²) in [7, 11) is 0. The fraction of sp³-hybridized carbons (Fsp3) is 0.500. The van der Waals surface area contributed by atoms with Gasteiger partial charge in [-0.2, -0.15) is 0 Å². The number of rotatable bonds is 3. The third-order valence-electron chi connectivity index (χ3n) is 4.68. The van der Waals surface area contributed by atoms with Gasteiger partial charge in [-0.1, -0.05) is 12.5 Å². The van der Waals surface area contributed by atoms with Crippen LogP contribution in [0.3, 0.4) is 0 Å². The third-order valence-corrected chi connectivity index (χ3v) is 4.68. The molecular formula is C14H14F2O3. The van der Waals surface area contributed by atoms with Crippen molar-refractivity contribution < 1.29 is 23.4 Å². The summed E-state index contributed by atoms with van der Waals surface area (Å²) in [6.07, 6.45) is 1.85. The normalized spacial score (nSPS) is 23.3. The van der Waals surface area contributed by atoms with Crippen molar-refractivity contribution in [1.82, 2.24) is 0 Å². The van der Waals surface area contributed by atoms with Gasteiger partial charge in [-0.25, -0.2) is 8.78 Å². The smallest absolute Gasteiger partial charge is 0.310 e. The lowest BCUT2D eigenvalue weighted by molar-refractivity contribution is -0.192. The molecule has 3 nitrogen and oxygen atoms in total. The second kappa shape index (κ2) is 4.00. The number of aliphatic carboxylic acids is 1. The number of carboxylic acid groups (broad SMARTS) is 1. The zero-order valence-corrected chi connectivity index (χ0v) is 10.3. The average Bonchev–Trinajstić information content (AvgIpc) is 2.21. The Morgan fingerprint density at radius 2 is 1.95 bits per heavy atom. The van der Waals surface area contributed by atoms with E-state index in [-0.39, 0.29) is 18.8 Å². The van der Waals surface area contributed by atoms with Crippen LogP contribution >= 0.6 is 0 Å². The predicted octanol–water partition coefficient (Wildman–Crippen LogP) is 2.49. The highest BCUT2D eigenvalue weighted by Gasteiger charge is 2.65. The Bertz CT molecular complexity index is 533. The minimum absolute atomic E-state index is 0.182. The molecule has 102 valence electrons. The van der Waals surface area contributed by atoms with Crippen molar-refractivity contribution in [3.05, 3.63) is 35.4 Å². The number of ether oxygens (including phenoxy) is 1. The van der Waals surface area contributed by atoms with Gasteiger partial charge in [0.1, 0.15) is 11.6 Å². The van der Waals surface area contributed by atoms with Gasteiger partial charge in [0, 0.05) is 6.07 Å². The maximum atomic E-state index is 14.0. The molecule has 1 aromatic carbocycles. The van der Waals surface area contributed by atoms with Crippen molar-refractivity contribution in [2.45, 2.75) is 24.7 Å². The van der Waals surface area contributed by atoms with E-state index in [1.54, 1.807) is 0 Å². The monoisotopic (exact) mass is 268 g/mol. The van der Waals surface area contributed by atoms with E-state index in [0.29, 0.717) is 12.8 Å². The maximum absolute atomic E-state index is 14.0. The molecule has 0 aromatic heterocycles. The number of halogens is 2. The van der Waals surface area contributed by atoms with Crippen molar-refractivity contribution in [3.8, 4) is 0 Å². The summed E-state index contributed by atoms with van der Waals surface area (Å²) in [6, 6.07) is 3.34. The van der Waals surface area contributed by atoms with Gasteiger partial charge in [0.15, 0.2) is 0 Å². The summed E-state index contributed by atoms with van der Waals surface area (Å²) in [5.74, 6) is -2.25. The van der Waals surface area contributed by atoms with Crippen LogP contribution in [0.1, 0.15) is 24.8 Å². The van der Waals surface area contributed by atoms with Gasteiger partial charge in [0.25, 0.3) is 0 Å². The Balaban J connectivity index is 2.11. The van der Waals surface area contributed by atoms with Gasteiger partial charge in [-0.05, 0) is 24.5 Å². The van der Waals surface area contributed by atoms with Gasteiger partial charge in [0.05, 0.1) is 24.0 Å². The highest BCUT2D eigenvalue weighted by atomic mass is 19.1. The van der Waals surface area contributed by atoms with E-state index >= 15 is 0 Å². The molecule has 1 heterocycles. The number of carbonyl (C=O) groups is 1. The van der Waals surface area contributed by atoms with Crippen LogP contribution in [0.5, 0.6) is 0 Å².